The number of anilines is 1. The molecule has 1 aliphatic heterocycles. The highest BCUT2D eigenvalue weighted by molar-refractivity contribution is 5.93. The van der Waals surface area contributed by atoms with Crippen molar-refractivity contribution in [3.8, 4) is 11.5 Å². The number of rotatable bonds is 2. The van der Waals surface area contributed by atoms with Gasteiger partial charge in [0.15, 0.2) is 11.5 Å². The maximum atomic E-state index is 5.36. The van der Waals surface area contributed by atoms with E-state index < -0.39 is 0 Å². The van der Waals surface area contributed by atoms with Gasteiger partial charge in [-0.2, -0.15) is 0 Å². The monoisotopic (exact) mass is 216 g/mol. The van der Waals surface area contributed by atoms with Gasteiger partial charge in [-0.25, -0.2) is 0 Å². The number of hydrogen-bond acceptors (Lipinski definition) is 4. The molecule has 0 aliphatic carbocycles. The highest BCUT2D eigenvalue weighted by atomic mass is 16.7. The van der Waals surface area contributed by atoms with Gasteiger partial charge < -0.3 is 14.8 Å². The van der Waals surface area contributed by atoms with E-state index in [4.69, 9.17) is 9.47 Å². The minimum absolute atomic E-state index is 0.294. The Morgan fingerprint density at radius 2 is 2.12 bits per heavy atom. The predicted octanol–water partition coefficient (Wildman–Crippen LogP) is 2.40. The third-order valence-electron chi connectivity index (χ3n) is 2.60. The van der Waals surface area contributed by atoms with Crippen molar-refractivity contribution >= 4 is 16.6 Å². The van der Waals surface area contributed by atoms with Crippen LogP contribution < -0.4 is 14.8 Å². The molecule has 1 aliphatic rings. The Morgan fingerprint density at radius 1 is 1.31 bits per heavy atom. The summed E-state index contributed by atoms with van der Waals surface area (Å²) >= 11 is 0. The summed E-state index contributed by atoms with van der Waals surface area (Å²) in [5.74, 6) is 1.56. The molecular formula is C12H12N2O2. The second-order valence-electron chi connectivity index (χ2n) is 3.61. The highest BCUT2D eigenvalue weighted by Gasteiger charge is 2.15. The lowest BCUT2D eigenvalue weighted by Gasteiger charge is -2.07. The van der Waals surface area contributed by atoms with Gasteiger partial charge in [0.2, 0.25) is 6.79 Å². The van der Waals surface area contributed by atoms with Crippen LogP contribution in [0.15, 0.2) is 24.4 Å². The van der Waals surface area contributed by atoms with Crippen LogP contribution in [0.3, 0.4) is 0 Å². The van der Waals surface area contributed by atoms with Crippen molar-refractivity contribution in [1.82, 2.24) is 4.98 Å². The van der Waals surface area contributed by atoms with E-state index in [2.05, 4.69) is 17.2 Å². The second-order valence-corrected chi connectivity index (χ2v) is 3.61. The van der Waals surface area contributed by atoms with Crippen molar-refractivity contribution < 1.29 is 9.47 Å². The lowest BCUT2D eigenvalue weighted by molar-refractivity contribution is 0.174. The molecule has 0 bridgehead atoms. The Kier molecular flexibility index (Phi) is 2.06. The van der Waals surface area contributed by atoms with E-state index in [0.29, 0.717) is 6.79 Å². The normalized spacial score (nSPS) is 13.1. The van der Waals surface area contributed by atoms with Crippen molar-refractivity contribution in [1.29, 1.82) is 0 Å². The predicted molar refractivity (Wildman–Crippen MR) is 62.0 cm³/mol. The molecular weight excluding hydrogens is 204 g/mol. The van der Waals surface area contributed by atoms with Crippen LogP contribution in [-0.4, -0.2) is 18.3 Å². The molecule has 0 atom stereocenters. The van der Waals surface area contributed by atoms with Crippen molar-refractivity contribution in [3.63, 3.8) is 0 Å². The fourth-order valence-corrected chi connectivity index (χ4v) is 1.88. The standard InChI is InChI=1S/C12H12N2O2/c1-2-13-9-3-4-14-10-6-12-11(5-8(9)10)15-7-16-12/h3-6H,2,7H2,1H3,(H,13,14). The van der Waals surface area contributed by atoms with Gasteiger partial charge in [0.05, 0.1) is 5.52 Å². The molecule has 0 unspecified atom stereocenters. The van der Waals surface area contributed by atoms with Gasteiger partial charge in [0.1, 0.15) is 0 Å². The van der Waals surface area contributed by atoms with Crippen LogP contribution in [0.2, 0.25) is 0 Å². The van der Waals surface area contributed by atoms with E-state index in [0.717, 1.165) is 34.6 Å². The average molecular weight is 216 g/mol. The summed E-state index contributed by atoms with van der Waals surface area (Å²) in [5, 5.41) is 4.37. The summed E-state index contributed by atoms with van der Waals surface area (Å²) in [6.07, 6.45) is 1.79. The molecule has 0 fully saturated rings. The van der Waals surface area contributed by atoms with Gasteiger partial charge in [0.25, 0.3) is 0 Å². The van der Waals surface area contributed by atoms with Crippen LogP contribution in [0.5, 0.6) is 11.5 Å². The number of pyridine rings is 1. The van der Waals surface area contributed by atoms with Crippen LogP contribution in [0.4, 0.5) is 5.69 Å². The Hall–Kier alpha value is -1.97. The topological polar surface area (TPSA) is 43.4 Å². The third-order valence-corrected chi connectivity index (χ3v) is 2.60. The maximum Gasteiger partial charge on any atom is 0.231 e. The average Bonchev–Trinajstić information content (AvgIpc) is 2.74. The van der Waals surface area contributed by atoms with Crippen LogP contribution in [0.1, 0.15) is 6.92 Å². The zero-order valence-corrected chi connectivity index (χ0v) is 8.99. The van der Waals surface area contributed by atoms with Crippen molar-refractivity contribution in [3.05, 3.63) is 24.4 Å². The summed E-state index contributed by atoms with van der Waals surface area (Å²) in [5.41, 5.74) is 1.99. The van der Waals surface area contributed by atoms with Gasteiger partial charge in [-0.15, -0.1) is 0 Å². The molecule has 3 rings (SSSR count). The number of nitrogens with one attached hydrogen (secondary N) is 1. The molecule has 4 nitrogen and oxygen atoms in total. The number of ether oxygens (including phenoxy) is 2. The molecule has 1 aromatic carbocycles. The largest absolute Gasteiger partial charge is 0.454 e. The van der Waals surface area contributed by atoms with Crippen LogP contribution in [0, 0.1) is 0 Å². The van der Waals surface area contributed by atoms with Crippen LogP contribution in [0.25, 0.3) is 10.9 Å². The number of hydrogen-bond donors (Lipinski definition) is 1. The summed E-state index contributed by atoms with van der Waals surface area (Å²) in [6, 6.07) is 5.86. The first kappa shape index (κ1) is 9.27. The van der Waals surface area contributed by atoms with Gasteiger partial charge in [-0.1, -0.05) is 0 Å². The first-order valence-corrected chi connectivity index (χ1v) is 5.30. The Morgan fingerprint density at radius 3 is 2.94 bits per heavy atom. The maximum absolute atomic E-state index is 5.36. The molecule has 0 amide bonds. The summed E-state index contributed by atoms with van der Waals surface area (Å²) in [7, 11) is 0. The smallest absolute Gasteiger partial charge is 0.231 e. The van der Waals surface area contributed by atoms with Crippen molar-refractivity contribution in [2.75, 3.05) is 18.7 Å². The van der Waals surface area contributed by atoms with E-state index in [1.807, 2.05) is 18.2 Å². The fourth-order valence-electron chi connectivity index (χ4n) is 1.88. The molecule has 0 radical (unpaired) electrons. The molecule has 82 valence electrons. The SMILES string of the molecule is CCNc1ccnc2cc3c(cc12)OCO3. The third kappa shape index (κ3) is 1.34. The zero-order chi connectivity index (χ0) is 11.0. The molecule has 0 spiro atoms. The lowest BCUT2D eigenvalue weighted by Crippen LogP contribution is -1.97. The quantitative estimate of drug-likeness (QED) is 0.837. The molecule has 1 aromatic heterocycles. The van der Waals surface area contributed by atoms with Gasteiger partial charge in [-0.3, -0.25) is 4.98 Å². The highest BCUT2D eigenvalue weighted by Crippen LogP contribution is 2.37. The molecule has 4 heteroatoms. The van der Waals surface area contributed by atoms with E-state index in [1.54, 1.807) is 6.20 Å². The number of aromatic nitrogens is 1. The van der Waals surface area contributed by atoms with Gasteiger partial charge in [0, 0.05) is 29.9 Å². The first-order valence-electron chi connectivity index (χ1n) is 5.30. The Balaban J connectivity index is 2.23. The number of benzene rings is 1. The molecule has 0 saturated heterocycles. The van der Waals surface area contributed by atoms with Crippen molar-refractivity contribution in [2.45, 2.75) is 6.92 Å². The molecule has 0 saturated carbocycles. The minimum Gasteiger partial charge on any atom is -0.454 e. The molecule has 16 heavy (non-hydrogen) atoms. The zero-order valence-electron chi connectivity index (χ0n) is 8.99. The van der Waals surface area contributed by atoms with Gasteiger partial charge >= 0.3 is 0 Å². The van der Waals surface area contributed by atoms with E-state index >= 15 is 0 Å². The Bertz CT molecular complexity index is 540. The molecule has 2 aromatic rings. The second kappa shape index (κ2) is 3.56. The van der Waals surface area contributed by atoms with E-state index in [1.165, 1.54) is 0 Å². The number of nitrogens with zero attached hydrogens (tertiary/aromatic N) is 1. The molecule has 1 N–H and O–H groups in total. The minimum atomic E-state index is 0.294. The van der Waals surface area contributed by atoms with Crippen LogP contribution >= 0.6 is 0 Å². The van der Waals surface area contributed by atoms with Crippen molar-refractivity contribution in [2.24, 2.45) is 0 Å². The lowest BCUT2D eigenvalue weighted by atomic mass is 10.1. The fraction of sp³-hybridized carbons (Fsp3) is 0.250. The van der Waals surface area contributed by atoms with Gasteiger partial charge in [-0.05, 0) is 19.1 Å². The first-order chi connectivity index (χ1) is 7.88. The summed E-state index contributed by atoms with van der Waals surface area (Å²) in [4.78, 5) is 4.33. The molecule has 2 heterocycles. The summed E-state index contributed by atoms with van der Waals surface area (Å²) < 4.78 is 10.7. The van der Waals surface area contributed by atoms with E-state index in [-0.39, 0.29) is 0 Å². The van der Waals surface area contributed by atoms with E-state index in [9.17, 15) is 0 Å². The van der Waals surface area contributed by atoms with Crippen LogP contribution in [-0.2, 0) is 0 Å². The summed E-state index contributed by atoms with van der Waals surface area (Å²) in [6.45, 7) is 3.25. The Labute approximate surface area is 93.2 Å². The number of fused-ring (bicyclic) bond motifs is 2.